The van der Waals surface area contributed by atoms with Crippen molar-refractivity contribution in [3.8, 4) is 11.5 Å². The minimum Gasteiger partial charge on any atom is -0.493 e. The van der Waals surface area contributed by atoms with Crippen LogP contribution in [0, 0.1) is 13.8 Å². The van der Waals surface area contributed by atoms with Gasteiger partial charge in [0.2, 0.25) is 10.0 Å². The quantitative estimate of drug-likeness (QED) is 0.810. The number of rotatable bonds is 7. The van der Waals surface area contributed by atoms with Crippen LogP contribution in [0.1, 0.15) is 16.7 Å². The molecular formula is C17H19F2NO4S. The lowest BCUT2D eigenvalue weighted by Gasteiger charge is -2.13. The van der Waals surface area contributed by atoms with E-state index in [1.54, 1.807) is 19.1 Å². The van der Waals surface area contributed by atoms with Crippen LogP contribution in [0.3, 0.4) is 0 Å². The second-order valence-electron chi connectivity index (χ2n) is 5.46. The molecule has 0 saturated heterocycles. The van der Waals surface area contributed by atoms with Gasteiger partial charge in [0.15, 0.2) is 11.5 Å². The van der Waals surface area contributed by atoms with Gasteiger partial charge in [0, 0.05) is 6.54 Å². The molecule has 0 heterocycles. The maximum atomic E-state index is 12.5. The lowest BCUT2D eigenvalue weighted by Crippen LogP contribution is -2.24. The van der Waals surface area contributed by atoms with Crippen LogP contribution in [0.2, 0.25) is 0 Å². The molecule has 2 aromatic rings. The summed E-state index contributed by atoms with van der Waals surface area (Å²) in [4.78, 5) is 0.206. The topological polar surface area (TPSA) is 64.6 Å². The van der Waals surface area contributed by atoms with Gasteiger partial charge in [-0.15, -0.1) is 0 Å². The molecule has 0 atom stereocenters. The second kappa shape index (κ2) is 7.79. The molecule has 8 heteroatoms. The molecule has 2 rings (SSSR count). The van der Waals surface area contributed by atoms with Gasteiger partial charge in [0.1, 0.15) is 0 Å². The highest BCUT2D eigenvalue weighted by Gasteiger charge is 2.17. The van der Waals surface area contributed by atoms with E-state index in [9.17, 15) is 17.2 Å². The first-order chi connectivity index (χ1) is 11.7. The summed E-state index contributed by atoms with van der Waals surface area (Å²) in [7, 11) is -2.39. The SMILES string of the molecule is COc1cc(CNS(=O)(=O)c2cc(C)ccc2C)ccc1OC(F)F. The monoisotopic (exact) mass is 371 g/mol. The lowest BCUT2D eigenvalue weighted by molar-refractivity contribution is -0.0512. The van der Waals surface area contributed by atoms with Gasteiger partial charge >= 0.3 is 6.61 Å². The largest absolute Gasteiger partial charge is 0.493 e. The van der Waals surface area contributed by atoms with Crippen LogP contribution in [0.5, 0.6) is 11.5 Å². The average molecular weight is 371 g/mol. The molecule has 1 N–H and O–H groups in total. The van der Waals surface area contributed by atoms with E-state index in [1.165, 1.54) is 25.3 Å². The molecule has 25 heavy (non-hydrogen) atoms. The van der Waals surface area contributed by atoms with Crippen LogP contribution in [0.4, 0.5) is 8.78 Å². The Morgan fingerprint density at radius 1 is 1.08 bits per heavy atom. The Morgan fingerprint density at radius 2 is 1.80 bits per heavy atom. The minimum atomic E-state index is -3.70. The summed E-state index contributed by atoms with van der Waals surface area (Å²) < 4.78 is 61.5. The average Bonchev–Trinajstić information content (AvgIpc) is 2.55. The predicted molar refractivity (Wildman–Crippen MR) is 89.6 cm³/mol. The van der Waals surface area contributed by atoms with Crippen LogP contribution < -0.4 is 14.2 Å². The fourth-order valence-electron chi connectivity index (χ4n) is 2.27. The van der Waals surface area contributed by atoms with Gasteiger partial charge in [-0.1, -0.05) is 18.2 Å². The third kappa shape index (κ3) is 4.90. The van der Waals surface area contributed by atoms with Crippen LogP contribution in [-0.4, -0.2) is 22.1 Å². The molecule has 0 aliphatic carbocycles. The first kappa shape index (κ1) is 19.1. The van der Waals surface area contributed by atoms with E-state index in [2.05, 4.69) is 9.46 Å². The second-order valence-corrected chi connectivity index (χ2v) is 7.19. The number of nitrogens with one attached hydrogen (secondary N) is 1. The van der Waals surface area contributed by atoms with E-state index in [-0.39, 0.29) is 22.9 Å². The minimum absolute atomic E-state index is 0.0129. The van der Waals surface area contributed by atoms with Crippen molar-refractivity contribution < 1.29 is 26.7 Å². The third-order valence-electron chi connectivity index (χ3n) is 3.54. The number of aryl methyl sites for hydroxylation is 2. The van der Waals surface area contributed by atoms with Gasteiger partial charge < -0.3 is 9.47 Å². The normalized spacial score (nSPS) is 11.6. The zero-order valence-electron chi connectivity index (χ0n) is 14.0. The molecule has 0 radical (unpaired) electrons. The number of alkyl halides is 2. The number of methoxy groups -OCH3 is 1. The molecule has 0 bridgehead atoms. The van der Waals surface area contributed by atoms with Crippen molar-refractivity contribution in [2.75, 3.05) is 7.11 Å². The van der Waals surface area contributed by atoms with Gasteiger partial charge in [0.05, 0.1) is 12.0 Å². The first-order valence-corrected chi connectivity index (χ1v) is 8.90. The summed E-state index contributed by atoms with van der Waals surface area (Å²) in [5, 5.41) is 0. The lowest BCUT2D eigenvalue weighted by atomic mass is 10.2. The Bertz CT molecular complexity index is 854. The number of hydrogen-bond donors (Lipinski definition) is 1. The molecule has 0 aliphatic heterocycles. The standard InChI is InChI=1S/C17H19F2NO4S/c1-11-4-5-12(2)16(8-11)25(21,22)20-10-13-6-7-14(24-17(18)19)15(9-13)23-3/h4-9,17,20H,10H2,1-3H3. The zero-order valence-corrected chi connectivity index (χ0v) is 14.9. The van der Waals surface area contributed by atoms with Gasteiger partial charge in [-0.3, -0.25) is 0 Å². The van der Waals surface area contributed by atoms with Crippen LogP contribution in [0.25, 0.3) is 0 Å². The highest BCUT2D eigenvalue weighted by Crippen LogP contribution is 2.29. The summed E-state index contributed by atoms with van der Waals surface area (Å²) >= 11 is 0. The Hall–Kier alpha value is -2.19. The van der Waals surface area contributed by atoms with Gasteiger partial charge in [0.25, 0.3) is 0 Å². The van der Waals surface area contributed by atoms with Crippen LogP contribution >= 0.6 is 0 Å². The van der Waals surface area contributed by atoms with E-state index in [0.29, 0.717) is 11.1 Å². The highest BCUT2D eigenvalue weighted by molar-refractivity contribution is 7.89. The molecule has 2 aromatic carbocycles. The Balaban J connectivity index is 2.19. The Labute approximate surface area is 145 Å². The summed E-state index contributed by atoms with van der Waals surface area (Å²) in [5.41, 5.74) is 2.02. The number of benzene rings is 2. The van der Waals surface area contributed by atoms with Crippen molar-refractivity contribution in [2.45, 2.75) is 31.9 Å². The highest BCUT2D eigenvalue weighted by atomic mass is 32.2. The number of ether oxygens (including phenoxy) is 2. The molecule has 0 spiro atoms. The number of hydrogen-bond acceptors (Lipinski definition) is 4. The molecule has 0 fully saturated rings. The maximum absolute atomic E-state index is 12.5. The summed E-state index contributed by atoms with van der Waals surface area (Å²) in [5.74, 6) is -0.0117. The van der Waals surface area contributed by atoms with Crippen molar-refractivity contribution in [2.24, 2.45) is 0 Å². The number of halogens is 2. The van der Waals surface area contributed by atoms with Gasteiger partial charge in [-0.2, -0.15) is 8.78 Å². The predicted octanol–water partition coefficient (Wildman–Crippen LogP) is 3.39. The van der Waals surface area contributed by atoms with E-state index in [0.717, 1.165) is 5.56 Å². The molecular weight excluding hydrogens is 352 g/mol. The van der Waals surface area contributed by atoms with Crippen molar-refractivity contribution in [1.82, 2.24) is 4.72 Å². The fraction of sp³-hybridized carbons (Fsp3) is 0.294. The number of sulfonamides is 1. The molecule has 136 valence electrons. The summed E-state index contributed by atoms with van der Waals surface area (Å²) in [6, 6.07) is 9.42. The van der Waals surface area contributed by atoms with Crippen molar-refractivity contribution in [1.29, 1.82) is 0 Å². The van der Waals surface area contributed by atoms with E-state index in [1.807, 2.05) is 13.0 Å². The van der Waals surface area contributed by atoms with Crippen LogP contribution in [-0.2, 0) is 16.6 Å². The molecule has 0 unspecified atom stereocenters. The third-order valence-corrected chi connectivity index (χ3v) is 5.09. The zero-order chi connectivity index (χ0) is 18.6. The molecule has 0 amide bonds. The van der Waals surface area contributed by atoms with Crippen molar-refractivity contribution in [3.05, 3.63) is 53.1 Å². The molecule has 5 nitrogen and oxygen atoms in total. The smallest absolute Gasteiger partial charge is 0.387 e. The molecule has 0 aromatic heterocycles. The molecule has 0 aliphatic rings. The van der Waals surface area contributed by atoms with Crippen molar-refractivity contribution in [3.63, 3.8) is 0 Å². The van der Waals surface area contributed by atoms with Gasteiger partial charge in [-0.05, 0) is 48.7 Å². The van der Waals surface area contributed by atoms with E-state index < -0.39 is 16.6 Å². The van der Waals surface area contributed by atoms with Crippen molar-refractivity contribution >= 4 is 10.0 Å². The fourth-order valence-corrected chi connectivity index (χ4v) is 3.61. The van der Waals surface area contributed by atoms with Gasteiger partial charge in [-0.25, -0.2) is 13.1 Å². The first-order valence-electron chi connectivity index (χ1n) is 7.41. The molecule has 0 saturated carbocycles. The Morgan fingerprint density at radius 3 is 2.44 bits per heavy atom. The summed E-state index contributed by atoms with van der Waals surface area (Å²) in [6.07, 6.45) is 0. The van der Waals surface area contributed by atoms with Crippen LogP contribution in [0.15, 0.2) is 41.3 Å². The summed E-state index contributed by atoms with van der Waals surface area (Å²) in [6.45, 7) is 0.544. The van der Waals surface area contributed by atoms with E-state index >= 15 is 0 Å². The van der Waals surface area contributed by atoms with E-state index in [4.69, 9.17) is 4.74 Å². The maximum Gasteiger partial charge on any atom is 0.387 e. The Kier molecular flexibility index (Phi) is 5.97.